The van der Waals surface area contributed by atoms with Crippen molar-refractivity contribution in [2.75, 3.05) is 10.6 Å². The Hall–Kier alpha value is -3.61. The second-order valence-corrected chi connectivity index (χ2v) is 8.36. The van der Waals surface area contributed by atoms with Crippen LogP contribution in [0.1, 0.15) is 42.4 Å². The van der Waals surface area contributed by atoms with Crippen LogP contribution in [0.25, 0.3) is 0 Å². The van der Waals surface area contributed by atoms with Crippen molar-refractivity contribution in [1.82, 2.24) is 10.2 Å². The highest BCUT2D eigenvalue weighted by Crippen LogP contribution is 2.29. The molecule has 7 nitrogen and oxygen atoms in total. The van der Waals surface area contributed by atoms with E-state index in [0.29, 0.717) is 23.5 Å². The molecule has 1 atom stereocenters. The van der Waals surface area contributed by atoms with Crippen molar-refractivity contribution in [3.8, 4) is 5.75 Å². The fourth-order valence-corrected chi connectivity index (χ4v) is 3.25. The smallest absolute Gasteiger partial charge is 0.265 e. The van der Waals surface area contributed by atoms with E-state index in [2.05, 4.69) is 41.6 Å². The summed E-state index contributed by atoms with van der Waals surface area (Å²) in [7, 11) is 0. The minimum absolute atomic E-state index is 0.0951. The Bertz CT molecular complexity index is 1070. The van der Waals surface area contributed by atoms with Crippen LogP contribution in [0.15, 0.2) is 54.6 Å². The van der Waals surface area contributed by atoms with Gasteiger partial charge in [0.25, 0.3) is 11.8 Å². The number of hydrogen-bond donors (Lipinski definition) is 3. The van der Waals surface area contributed by atoms with Crippen LogP contribution in [0.3, 0.4) is 0 Å². The summed E-state index contributed by atoms with van der Waals surface area (Å²) in [6, 6.07) is 16.2. The van der Waals surface area contributed by atoms with E-state index < -0.39 is 6.10 Å². The maximum Gasteiger partial charge on any atom is 0.265 e. The lowest BCUT2D eigenvalue weighted by Gasteiger charge is -2.14. The van der Waals surface area contributed by atoms with Gasteiger partial charge in [-0.05, 0) is 29.8 Å². The number of anilines is 2. The standard InChI is InChI=1S/C23H24N4O3/c1-23(2,3)19-13-20(27-26-19)25-21(28)15-8-6-9-16(11-15)24-22(29)18-12-14-7-4-5-10-17(14)30-18/h4-11,13,18H,12H2,1-3H3,(H,24,29)(H2,25,26,27,28). The molecule has 154 valence electrons. The number of para-hydroxylation sites is 1. The molecule has 0 fully saturated rings. The average Bonchev–Trinajstić information content (AvgIpc) is 3.35. The number of nitrogens with zero attached hydrogens (tertiary/aromatic N) is 1. The van der Waals surface area contributed by atoms with Crippen LogP contribution in [0.5, 0.6) is 5.75 Å². The summed E-state index contributed by atoms with van der Waals surface area (Å²) < 4.78 is 5.72. The van der Waals surface area contributed by atoms with Gasteiger partial charge >= 0.3 is 0 Å². The van der Waals surface area contributed by atoms with Gasteiger partial charge < -0.3 is 15.4 Å². The molecular weight excluding hydrogens is 380 g/mol. The molecule has 3 aromatic rings. The molecule has 30 heavy (non-hydrogen) atoms. The second kappa shape index (κ2) is 7.67. The van der Waals surface area contributed by atoms with Gasteiger partial charge in [-0.2, -0.15) is 5.10 Å². The minimum Gasteiger partial charge on any atom is -0.480 e. The van der Waals surface area contributed by atoms with Gasteiger partial charge in [0.05, 0.1) is 0 Å². The zero-order valence-electron chi connectivity index (χ0n) is 17.2. The Morgan fingerprint density at radius 1 is 1.07 bits per heavy atom. The number of amides is 2. The Morgan fingerprint density at radius 3 is 2.60 bits per heavy atom. The number of H-pyrrole nitrogens is 1. The lowest BCUT2D eigenvalue weighted by Crippen LogP contribution is -2.31. The number of carbonyl (C=O) groups is 2. The first-order valence-corrected chi connectivity index (χ1v) is 9.82. The molecule has 0 radical (unpaired) electrons. The molecular formula is C23H24N4O3. The Morgan fingerprint density at radius 2 is 1.87 bits per heavy atom. The van der Waals surface area contributed by atoms with Crippen LogP contribution in [0.2, 0.25) is 0 Å². The zero-order chi connectivity index (χ0) is 21.3. The number of carbonyl (C=O) groups excluding carboxylic acids is 2. The first-order valence-electron chi connectivity index (χ1n) is 9.82. The fourth-order valence-electron chi connectivity index (χ4n) is 3.25. The quantitative estimate of drug-likeness (QED) is 0.614. The SMILES string of the molecule is CC(C)(C)c1cc(NC(=O)c2cccc(NC(=O)C3Cc4ccccc4O3)c2)n[nH]1. The fraction of sp³-hybridized carbons (Fsp3) is 0.261. The summed E-state index contributed by atoms with van der Waals surface area (Å²) in [6.45, 7) is 6.18. The summed E-state index contributed by atoms with van der Waals surface area (Å²) >= 11 is 0. The van der Waals surface area contributed by atoms with Crippen molar-refractivity contribution in [3.63, 3.8) is 0 Å². The molecule has 1 aliphatic rings. The van der Waals surface area contributed by atoms with Crippen molar-refractivity contribution < 1.29 is 14.3 Å². The number of aromatic amines is 1. The zero-order valence-corrected chi connectivity index (χ0v) is 17.2. The lowest BCUT2D eigenvalue weighted by atomic mass is 9.92. The first-order chi connectivity index (χ1) is 14.3. The van der Waals surface area contributed by atoms with Crippen molar-refractivity contribution >= 4 is 23.3 Å². The molecule has 0 saturated carbocycles. The average molecular weight is 404 g/mol. The van der Waals surface area contributed by atoms with Crippen LogP contribution < -0.4 is 15.4 Å². The summed E-state index contributed by atoms with van der Waals surface area (Å²) in [6.07, 6.45) is -0.0583. The number of hydrogen-bond acceptors (Lipinski definition) is 4. The maximum atomic E-state index is 12.6. The van der Waals surface area contributed by atoms with E-state index in [1.807, 2.05) is 30.3 Å². The third-order valence-electron chi connectivity index (χ3n) is 4.96. The van der Waals surface area contributed by atoms with Crippen LogP contribution in [-0.4, -0.2) is 28.1 Å². The summed E-state index contributed by atoms with van der Waals surface area (Å²) in [5.41, 5.74) is 2.80. The molecule has 2 heterocycles. The highest BCUT2D eigenvalue weighted by atomic mass is 16.5. The van der Waals surface area contributed by atoms with Gasteiger partial charge in [-0.1, -0.05) is 45.0 Å². The number of fused-ring (bicyclic) bond motifs is 1. The van der Waals surface area contributed by atoms with E-state index >= 15 is 0 Å². The van der Waals surface area contributed by atoms with E-state index in [-0.39, 0.29) is 17.2 Å². The molecule has 7 heteroatoms. The highest BCUT2D eigenvalue weighted by Gasteiger charge is 2.28. The number of nitrogens with one attached hydrogen (secondary N) is 3. The second-order valence-electron chi connectivity index (χ2n) is 8.36. The van der Waals surface area contributed by atoms with E-state index in [0.717, 1.165) is 17.0 Å². The predicted molar refractivity (Wildman–Crippen MR) is 115 cm³/mol. The van der Waals surface area contributed by atoms with E-state index in [1.165, 1.54) is 0 Å². The monoisotopic (exact) mass is 404 g/mol. The predicted octanol–water partition coefficient (Wildman–Crippen LogP) is 3.90. The molecule has 1 unspecified atom stereocenters. The highest BCUT2D eigenvalue weighted by molar-refractivity contribution is 6.05. The number of benzene rings is 2. The van der Waals surface area contributed by atoms with Crippen molar-refractivity contribution in [2.24, 2.45) is 0 Å². The third-order valence-corrected chi connectivity index (χ3v) is 4.96. The molecule has 2 aromatic carbocycles. The van der Waals surface area contributed by atoms with Crippen LogP contribution in [0, 0.1) is 0 Å². The third kappa shape index (κ3) is 4.20. The number of ether oxygens (including phenoxy) is 1. The molecule has 0 bridgehead atoms. The summed E-state index contributed by atoms with van der Waals surface area (Å²) in [4.78, 5) is 25.2. The Balaban J connectivity index is 1.41. The molecule has 1 aromatic heterocycles. The van der Waals surface area contributed by atoms with Crippen molar-refractivity contribution in [2.45, 2.75) is 38.7 Å². The first kappa shape index (κ1) is 19.7. The van der Waals surface area contributed by atoms with E-state index in [9.17, 15) is 9.59 Å². The van der Waals surface area contributed by atoms with Gasteiger partial charge in [-0.3, -0.25) is 14.7 Å². The topological polar surface area (TPSA) is 96.1 Å². The van der Waals surface area contributed by atoms with Gasteiger partial charge in [-0.15, -0.1) is 0 Å². The summed E-state index contributed by atoms with van der Waals surface area (Å²) in [5.74, 6) is 0.643. The number of rotatable bonds is 4. The van der Waals surface area contributed by atoms with Crippen molar-refractivity contribution in [3.05, 3.63) is 71.4 Å². The molecule has 4 rings (SSSR count). The van der Waals surface area contributed by atoms with Gasteiger partial charge in [0.15, 0.2) is 11.9 Å². The van der Waals surface area contributed by atoms with Gasteiger partial charge in [0, 0.05) is 34.8 Å². The normalized spacial score (nSPS) is 15.2. The largest absolute Gasteiger partial charge is 0.480 e. The molecule has 0 spiro atoms. The van der Waals surface area contributed by atoms with Gasteiger partial charge in [0.1, 0.15) is 5.75 Å². The van der Waals surface area contributed by atoms with Crippen LogP contribution in [-0.2, 0) is 16.6 Å². The molecule has 0 aliphatic carbocycles. The van der Waals surface area contributed by atoms with Crippen molar-refractivity contribution in [1.29, 1.82) is 0 Å². The van der Waals surface area contributed by atoms with Crippen LogP contribution >= 0.6 is 0 Å². The Kier molecular flexibility index (Phi) is 5.03. The van der Waals surface area contributed by atoms with Gasteiger partial charge in [0.2, 0.25) is 0 Å². The molecule has 0 saturated heterocycles. The Labute approximate surface area is 174 Å². The van der Waals surface area contributed by atoms with E-state index in [1.54, 1.807) is 24.3 Å². The maximum absolute atomic E-state index is 12.6. The molecule has 3 N–H and O–H groups in total. The lowest BCUT2D eigenvalue weighted by molar-refractivity contribution is -0.122. The summed E-state index contributed by atoms with van der Waals surface area (Å²) in [5, 5.41) is 12.7. The minimum atomic E-state index is -0.584. The number of aromatic nitrogens is 2. The molecule has 1 aliphatic heterocycles. The van der Waals surface area contributed by atoms with Crippen LogP contribution in [0.4, 0.5) is 11.5 Å². The van der Waals surface area contributed by atoms with E-state index in [4.69, 9.17) is 4.74 Å². The van der Waals surface area contributed by atoms with Gasteiger partial charge in [-0.25, -0.2) is 0 Å². The molecule has 2 amide bonds.